The molecule has 0 aliphatic heterocycles. The topological polar surface area (TPSA) is 56.1 Å². The average molecular weight is 321 g/mol. The second-order valence-corrected chi connectivity index (χ2v) is 5.58. The van der Waals surface area contributed by atoms with Crippen LogP contribution in [0.4, 0.5) is 5.69 Å². The highest BCUT2D eigenvalue weighted by atomic mass is 16.5. The van der Waals surface area contributed by atoms with Gasteiger partial charge in [-0.05, 0) is 55.8 Å². The van der Waals surface area contributed by atoms with Crippen molar-refractivity contribution in [1.29, 1.82) is 0 Å². The van der Waals surface area contributed by atoms with Crippen LogP contribution < -0.4 is 10.1 Å². The average Bonchev–Trinajstić information content (AvgIpc) is 3.10. The smallest absolute Gasteiger partial charge is 0.265 e. The monoisotopic (exact) mass is 321 g/mol. The second-order valence-electron chi connectivity index (χ2n) is 5.58. The van der Waals surface area contributed by atoms with Gasteiger partial charge in [0, 0.05) is 23.8 Å². The quantitative estimate of drug-likeness (QED) is 0.781. The summed E-state index contributed by atoms with van der Waals surface area (Å²) in [5.41, 5.74) is 2.80. The molecule has 3 aromatic rings. The van der Waals surface area contributed by atoms with Crippen molar-refractivity contribution in [3.05, 3.63) is 72.8 Å². The summed E-state index contributed by atoms with van der Waals surface area (Å²) in [5.74, 6) is 0.500. The summed E-state index contributed by atoms with van der Waals surface area (Å²) in [7, 11) is 0. The van der Waals surface area contributed by atoms with Gasteiger partial charge in [-0.1, -0.05) is 12.1 Å². The van der Waals surface area contributed by atoms with Crippen LogP contribution in [-0.4, -0.2) is 21.6 Å². The van der Waals surface area contributed by atoms with E-state index in [0.717, 1.165) is 16.9 Å². The number of rotatable bonds is 5. The molecule has 0 fully saturated rings. The Morgan fingerprint density at radius 3 is 2.67 bits per heavy atom. The van der Waals surface area contributed by atoms with Gasteiger partial charge < -0.3 is 14.6 Å². The SMILES string of the molecule is Cc1cccc(OC(C)C(=O)Nc2ccc(-n3ccnc3)cc2)c1. The molecule has 0 radical (unpaired) electrons. The molecule has 1 atom stereocenters. The zero-order valence-electron chi connectivity index (χ0n) is 13.6. The molecule has 3 rings (SSSR count). The molecule has 24 heavy (non-hydrogen) atoms. The highest BCUT2D eigenvalue weighted by molar-refractivity contribution is 5.94. The van der Waals surface area contributed by atoms with Crippen molar-refractivity contribution in [2.75, 3.05) is 5.32 Å². The van der Waals surface area contributed by atoms with Crippen molar-refractivity contribution in [2.24, 2.45) is 0 Å². The lowest BCUT2D eigenvalue weighted by Gasteiger charge is -2.15. The molecule has 0 aliphatic carbocycles. The summed E-state index contributed by atoms with van der Waals surface area (Å²) in [6.45, 7) is 3.72. The number of aryl methyl sites for hydroxylation is 1. The number of hydrogen-bond donors (Lipinski definition) is 1. The number of hydrogen-bond acceptors (Lipinski definition) is 3. The van der Waals surface area contributed by atoms with Crippen LogP contribution in [0.3, 0.4) is 0 Å². The van der Waals surface area contributed by atoms with Gasteiger partial charge in [-0.2, -0.15) is 0 Å². The molecule has 1 aromatic heterocycles. The fraction of sp³-hybridized carbons (Fsp3) is 0.158. The third-order valence-corrected chi connectivity index (χ3v) is 3.61. The largest absolute Gasteiger partial charge is 0.481 e. The van der Waals surface area contributed by atoms with Crippen LogP contribution in [0.2, 0.25) is 0 Å². The molecule has 1 heterocycles. The molecular formula is C19H19N3O2. The summed E-state index contributed by atoms with van der Waals surface area (Å²) in [6.07, 6.45) is 4.73. The Kier molecular flexibility index (Phi) is 4.61. The standard InChI is InChI=1S/C19H19N3O2/c1-14-4-3-5-18(12-14)24-15(2)19(23)21-16-6-8-17(9-7-16)22-11-10-20-13-22/h3-13,15H,1-2H3,(H,21,23). The Morgan fingerprint density at radius 2 is 2.00 bits per heavy atom. The minimum absolute atomic E-state index is 0.188. The third-order valence-electron chi connectivity index (χ3n) is 3.61. The number of nitrogens with zero attached hydrogens (tertiary/aromatic N) is 2. The van der Waals surface area contributed by atoms with Gasteiger partial charge in [-0.25, -0.2) is 4.98 Å². The molecule has 0 spiro atoms. The van der Waals surface area contributed by atoms with E-state index in [1.807, 2.05) is 66.2 Å². The molecule has 0 aliphatic rings. The van der Waals surface area contributed by atoms with Crippen LogP contribution in [0.1, 0.15) is 12.5 Å². The molecule has 1 N–H and O–H groups in total. The van der Waals surface area contributed by atoms with E-state index in [-0.39, 0.29) is 5.91 Å². The number of carbonyl (C=O) groups excluding carboxylic acids is 1. The van der Waals surface area contributed by atoms with E-state index in [9.17, 15) is 4.79 Å². The number of ether oxygens (including phenoxy) is 1. The van der Waals surface area contributed by atoms with Crippen molar-refractivity contribution in [3.8, 4) is 11.4 Å². The third kappa shape index (κ3) is 3.81. The summed E-state index contributed by atoms with van der Waals surface area (Å²) < 4.78 is 7.59. The van der Waals surface area contributed by atoms with Crippen molar-refractivity contribution in [3.63, 3.8) is 0 Å². The second kappa shape index (κ2) is 7.00. The van der Waals surface area contributed by atoms with Crippen molar-refractivity contribution in [2.45, 2.75) is 20.0 Å². The van der Waals surface area contributed by atoms with E-state index in [0.29, 0.717) is 5.75 Å². The van der Waals surface area contributed by atoms with E-state index >= 15 is 0 Å². The van der Waals surface area contributed by atoms with Gasteiger partial charge in [-0.15, -0.1) is 0 Å². The molecule has 1 amide bonds. The van der Waals surface area contributed by atoms with E-state index < -0.39 is 6.10 Å². The summed E-state index contributed by atoms with van der Waals surface area (Å²) in [4.78, 5) is 16.3. The van der Waals surface area contributed by atoms with Gasteiger partial charge in [0.05, 0.1) is 6.33 Å². The normalized spacial score (nSPS) is 11.8. The van der Waals surface area contributed by atoms with Crippen molar-refractivity contribution < 1.29 is 9.53 Å². The molecule has 5 nitrogen and oxygen atoms in total. The van der Waals surface area contributed by atoms with E-state index in [4.69, 9.17) is 4.74 Å². The Balaban J connectivity index is 1.61. The Labute approximate surface area is 140 Å². The first-order chi connectivity index (χ1) is 11.6. The Hall–Kier alpha value is -3.08. The predicted octanol–water partition coefficient (Wildman–Crippen LogP) is 3.59. The fourth-order valence-electron chi connectivity index (χ4n) is 2.32. The summed E-state index contributed by atoms with van der Waals surface area (Å²) >= 11 is 0. The van der Waals surface area contributed by atoms with Gasteiger partial charge in [0.1, 0.15) is 5.75 Å². The number of anilines is 1. The summed E-state index contributed by atoms with van der Waals surface area (Å²) in [6, 6.07) is 15.2. The zero-order chi connectivity index (χ0) is 16.9. The predicted molar refractivity (Wildman–Crippen MR) is 93.5 cm³/mol. The van der Waals surface area contributed by atoms with Crippen LogP contribution in [-0.2, 0) is 4.79 Å². The van der Waals surface area contributed by atoms with Gasteiger partial charge in [0.25, 0.3) is 5.91 Å². The van der Waals surface area contributed by atoms with Crippen molar-refractivity contribution in [1.82, 2.24) is 9.55 Å². The summed E-state index contributed by atoms with van der Waals surface area (Å²) in [5, 5.41) is 2.86. The first-order valence-electron chi connectivity index (χ1n) is 7.74. The number of carbonyl (C=O) groups is 1. The molecule has 1 unspecified atom stereocenters. The lowest BCUT2D eigenvalue weighted by Crippen LogP contribution is -2.30. The van der Waals surface area contributed by atoms with Gasteiger partial charge in [-0.3, -0.25) is 4.79 Å². The molecule has 0 saturated carbocycles. The van der Waals surface area contributed by atoms with Gasteiger partial charge in [0.15, 0.2) is 6.10 Å². The van der Waals surface area contributed by atoms with E-state index in [1.165, 1.54) is 0 Å². The maximum Gasteiger partial charge on any atom is 0.265 e. The molecular weight excluding hydrogens is 302 g/mol. The zero-order valence-corrected chi connectivity index (χ0v) is 13.6. The molecule has 122 valence electrons. The van der Waals surface area contributed by atoms with Gasteiger partial charge in [0.2, 0.25) is 0 Å². The Bertz CT molecular complexity index is 811. The van der Waals surface area contributed by atoms with Crippen LogP contribution in [0.5, 0.6) is 5.75 Å². The van der Waals surface area contributed by atoms with Crippen LogP contribution in [0.15, 0.2) is 67.3 Å². The van der Waals surface area contributed by atoms with Crippen LogP contribution in [0, 0.1) is 6.92 Å². The molecule has 5 heteroatoms. The minimum Gasteiger partial charge on any atom is -0.481 e. The minimum atomic E-state index is -0.583. The lowest BCUT2D eigenvalue weighted by atomic mass is 10.2. The van der Waals surface area contributed by atoms with E-state index in [2.05, 4.69) is 10.3 Å². The molecule has 0 bridgehead atoms. The molecule has 0 saturated heterocycles. The lowest BCUT2D eigenvalue weighted by molar-refractivity contribution is -0.122. The highest BCUT2D eigenvalue weighted by Crippen LogP contribution is 2.16. The molecule has 2 aromatic carbocycles. The number of benzene rings is 2. The van der Waals surface area contributed by atoms with Crippen LogP contribution in [0.25, 0.3) is 5.69 Å². The van der Waals surface area contributed by atoms with Gasteiger partial charge >= 0.3 is 0 Å². The Morgan fingerprint density at radius 1 is 1.21 bits per heavy atom. The van der Waals surface area contributed by atoms with Crippen LogP contribution >= 0.6 is 0 Å². The maximum absolute atomic E-state index is 12.3. The number of imidazole rings is 1. The number of aromatic nitrogens is 2. The number of nitrogens with one attached hydrogen (secondary N) is 1. The first-order valence-corrected chi connectivity index (χ1v) is 7.74. The number of amides is 1. The maximum atomic E-state index is 12.3. The fourth-order valence-corrected chi connectivity index (χ4v) is 2.32. The first kappa shape index (κ1) is 15.8. The highest BCUT2D eigenvalue weighted by Gasteiger charge is 2.15. The van der Waals surface area contributed by atoms with E-state index in [1.54, 1.807) is 19.4 Å². The van der Waals surface area contributed by atoms with Crippen molar-refractivity contribution >= 4 is 11.6 Å².